The van der Waals surface area contributed by atoms with Crippen molar-refractivity contribution in [1.82, 2.24) is 9.72 Å². The van der Waals surface area contributed by atoms with E-state index in [1.165, 1.54) is 10.6 Å². The van der Waals surface area contributed by atoms with Crippen molar-refractivity contribution in [2.24, 2.45) is 0 Å². The number of aromatic nitrogens is 2. The highest BCUT2D eigenvalue weighted by atomic mass is 19.2. The molecule has 0 spiro atoms. The zero-order chi connectivity index (χ0) is 20.2. The first kappa shape index (κ1) is 17.7. The maximum atomic E-state index is 14.8. The van der Waals surface area contributed by atoms with Crippen molar-refractivity contribution in [3.63, 3.8) is 0 Å². The van der Waals surface area contributed by atoms with Gasteiger partial charge < -0.3 is 19.3 Å². The van der Waals surface area contributed by atoms with Crippen LogP contribution in [0.15, 0.2) is 40.9 Å². The van der Waals surface area contributed by atoms with Gasteiger partial charge in [-0.25, -0.2) is 9.18 Å². The fraction of sp³-hybridized carbons (Fsp3) is 0.100. The second-order valence-corrected chi connectivity index (χ2v) is 6.31. The van der Waals surface area contributed by atoms with Crippen LogP contribution in [0.25, 0.3) is 27.8 Å². The standard InChI is InChI=1S/C20H14F2N2O4/c1-9-15(10(2)28-23-9)19-16(20(26)27)11-5-3-4-6-12(11)24(19)13-7-8-14(25)18(22)17(13)21/h3-8,25H,1-2H3,(H,26,27). The van der Waals surface area contributed by atoms with Crippen LogP contribution in [0.4, 0.5) is 8.78 Å². The van der Waals surface area contributed by atoms with Crippen molar-refractivity contribution in [2.45, 2.75) is 13.8 Å². The lowest BCUT2D eigenvalue weighted by molar-refractivity contribution is 0.0700. The molecule has 2 aromatic heterocycles. The molecule has 0 saturated carbocycles. The lowest BCUT2D eigenvalue weighted by Crippen LogP contribution is -2.06. The Morgan fingerprint density at radius 2 is 1.82 bits per heavy atom. The zero-order valence-electron chi connectivity index (χ0n) is 14.8. The summed E-state index contributed by atoms with van der Waals surface area (Å²) in [4.78, 5) is 12.1. The zero-order valence-corrected chi connectivity index (χ0v) is 14.8. The third-order valence-corrected chi connectivity index (χ3v) is 4.64. The van der Waals surface area contributed by atoms with Crippen molar-refractivity contribution in [2.75, 3.05) is 0 Å². The van der Waals surface area contributed by atoms with Gasteiger partial charge in [0.2, 0.25) is 5.82 Å². The Hall–Kier alpha value is -3.68. The molecule has 0 aliphatic heterocycles. The summed E-state index contributed by atoms with van der Waals surface area (Å²) in [6.07, 6.45) is 0. The molecular weight excluding hydrogens is 370 g/mol. The number of hydrogen-bond donors (Lipinski definition) is 2. The second-order valence-electron chi connectivity index (χ2n) is 6.31. The highest BCUT2D eigenvalue weighted by Gasteiger charge is 2.30. The highest BCUT2D eigenvalue weighted by molar-refractivity contribution is 6.11. The summed E-state index contributed by atoms with van der Waals surface area (Å²) >= 11 is 0. The topological polar surface area (TPSA) is 88.5 Å². The summed E-state index contributed by atoms with van der Waals surface area (Å²) in [7, 11) is 0. The monoisotopic (exact) mass is 384 g/mol. The highest BCUT2D eigenvalue weighted by Crippen LogP contribution is 2.40. The van der Waals surface area contributed by atoms with E-state index in [0.29, 0.717) is 27.9 Å². The lowest BCUT2D eigenvalue weighted by atomic mass is 10.0. The molecule has 0 unspecified atom stereocenters. The minimum Gasteiger partial charge on any atom is -0.505 e. The van der Waals surface area contributed by atoms with Crippen LogP contribution in [-0.4, -0.2) is 25.9 Å². The van der Waals surface area contributed by atoms with Gasteiger partial charge in [0, 0.05) is 5.39 Å². The van der Waals surface area contributed by atoms with Gasteiger partial charge in [0.25, 0.3) is 0 Å². The molecule has 0 radical (unpaired) electrons. The number of aryl methyl sites for hydroxylation is 2. The molecule has 0 aliphatic rings. The molecule has 28 heavy (non-hydrogen) atoms. The number of phenolic OH excluding ortho intramolecular Hbond substituents is 1. The molecule has 6 nitrogen and oxygen atoms in total. The molecule has 4 aromatic rings. The van der Waals surface area contributed by atoms with Gasteiger partial charge in [-0.05, 0) is 32.0 Å². The average molecular weight is 384 g/mol. The number of rotatable bonds is 3. The first-order valence-corrected chi connectivity index (χ1v) is 8.30. The van der Waals surface area contributed by atoms with E-state index >= 15 is 0 Å². The summed E-state index contributed by atoms with van der Waals surface area (Å²) in [5.41, 5.74) is 0.935. The predicted molar refractivity (Wildman–Crippen MR) is 96.8 cm³/mol. The Kier molecular flexibility index (Phi) is 3.92. The minimum absolute atomic E-state index is 0.0853. The van der Waals surface area contributed by atoms with Crippen molar-refractivity contribution in [3.05, 3.63) is 65.1 Å². The molecule has 2 aromatic carbocycles. The number of aromatic hydroxyl groups is 1. The smallest absolute Gasteiger partial charge is 0.338 e. The summed E-state index contributed by atoms with van der Waals surface area (Å²) in [6.45, 7) is 3.24. The van der Waals surface area contributed by atoms with Crippen LogP contribution in [0, 0.1) is 25.5 Å². The minimum atomic E-state index is -1.42. The molecule has 0 atom stereocenters. The van der Waals surface area contributed by atoms with Crippen molar-refractivity contribution < 1.29 is 28.3 Å². The first-order valence-electron chi connectivity index (χ1n) is 8.30. The molecule has 142 valence electrons. The first-order chi connectivity index (χ1) is 13.3. The fourth-order valence-electron chi connectivity index (χ4n) is 3.47. The van der Waals surface area contributed by atoms with Crippen LogP contribution in [0.5, 0.6) is 5.75 Å². The number of nitrogens with zero attached hydrogens (tertiary/aromatic N) is 2. The number of phenols is 1. The maximum absolute atomic E-state index is 14.8. The Morgan fingerprint density at radius 1 is 1.11 bits per heavy atom. The predicted octanol–water partition coefficient (Wildman–Crippen LogP) is 4.58. The van der Waals surface area contributed by atoms with Crippen molar-refractivity contribution in [3.8, 4) is 22.7 Å². The van der Waals surface area contributed by atoms with Crippen LogP contribution in [0.3, 0.4) is 0 Å². The number of carbonyl (C=O) groups is 1. The van der Waals surface area contributed by atoms with Crippen LogP contribution < -0.4 is 0 Å². The van der Waals surface area contributed by atoms with Gasteiger partial charge in [0.05, 0.1) is 33.7 Å². The largest absolute Gasteiger partial charge is 0.505 e. The molecule has 8 heteroatoms. The summed E-state index contributed by atoms with van der Waals surface area (Å²) in [5, 5.41) is 23.6. The molecule has 0 bridgehead atoms. The van der Waals surface area contributed by atoms with Gasteiger partial charge in [-0.15, -0.1) is 0 Å². The molecular formula is C20H14F2N2O4. The Bertz CT molecular complexity index is 1240. The van der Waals surface area contributed by atoms with E-state index in [4.69, 9.17) is 4.52 Å². The van der Waals surface area contributed by atoms with Gasteiger partial charge in [-0.2, -0.15) is 4.39 Å². The van der Waals surface area contributed by atoms with Crippen LogP contribution in [0.2, 0.25) is 0 Å². The van der Waals surface area contributed by atoms with E-state index in [0.717, 1.165) is 6.07 Å². The molecule has 0 aliphatic carbocycles. The number of halogens is 2. The summed E-state index contributed by atoms with van der Waals surface area (Å²) in [6, 6.07) is 8.72. The van der Waals surface area contributed by atoms with Gasteiger partial charge in [-0.1, -0.05) is 23.4 Å². The molecule has 0 saturated heterocycles. The van der Waals surface area contributed by atoms with Gasteiger partial charge >= 0.3 is 5.97 Å². The quantitative estimate of drug-likeness (QED) is 0.540. The molecule has 2 heterocycles. The van der Waals surface area contributed by atoms with E-state index in [1.807, 2.05) is 0 Å². The van der Waals surface area contributed by atoms with E-state index < -0.39 is 23.4 Å². The fourth-order valence-corrected chi connectivity index (χ4v) is 3.47. The van der Waals surface area contributed by atoms with Crippen LogP contribution >= 0.6 is 0 Å². The Labute approximate surface area is 157 Å². The summed E-state index contributed by atoms with van der Waals surface area (Å²) < 4.78 is 35.3. The third-order valence-electron chi connectivity index (χ3n) is 4.64. The third kappa shape index (κ3) is 2.38. The van der Waals surface area contributed by atoms with Gasteiger partial charge in [-0.3, -0.25) is 0 Å². The number of carboxylic acids is 1. The van der Waals surface area contributed by atoms with E-state index in [-0.39, 0.29) is 16.9 Å². The van der Waals surface area contributed by atoms with Gasteiger partial charge in [0.15, 0.2) is 11.6 Å². The van der Waals surface area contributed by atoms with Crippen LogP contribution in [0.1, 0.15) is 21.8 Å². The van der Waals surface area contributed by atoms with E-state index in [9.17, 15) is 23.8 Å². The summed E-state index contributed by atoms with van der Waals surface area (Å²) in [5.74, 6) is -4.45. The molecule has 0 fully saturated rings. The normalized spacial score (nSPS) is 11.3. The molecule has 2 N–H and O–H groups in total. The number of aromatic carboxylic acids is 1. The number of benzene rings is 2. The molecule has 0 amide bonds. The second kappa shape index (κ2) is 6.19. The Balaban J connectivity index is 2.26. The van der Waals surface area contributed by atoms with Crippen molar-refractivity contribution in [1.29, 1.82) is 0 Å². The van der Waals surface area contributed by atoms with Gasteiger partial charge in [0.1, 0.15) is 5.76 Å². The number of fused-ring (bicyclic) bond motifs is 1. The Morgan fingerprint density at radius 3 is 2.46 bits per heavy atom. The average Bonchev–Trinajstić information content (AvgIpc) is 3.16. The van der Waals surface area contributed by atoms with E-state index in [1.54, 1.807) is 38.1 Å². The lowest BCUT2D eigenvalue weighted by Gasteiger charge is -2.13. The number of para-hydroxylation sites is 1. The molecule has 4 rings (SSSR count). The number of hydrogen-bond acceptors (Lipinski definition) is 4. The van der Waals surface area contributed by atoms with Crippen molar-refractivity contribution >= 4 is 16.9 Å². The SMILES string of the molecule is Cc1noc(C)c1-c1c(C(=O)O)c2ccccc2n1-c1ccc(O)c(F)c1F. The maximum Gasteiger partial charge on any atom is 0.338 e. The van der Waals surface area contributed by atoms with E-state index in [2.05, 4.69) is 5.16 Å². The number of carboxylic acid groups (broad SMARTS) is 1. The van der Waals surface area contributed by atoms with Crippen LogP contribution in [-0.2, 0) is 0 Å².